The van der Waals surface area contributed by atoms with Crippen molar-refractivity contribution in [2.24, 2.45) is 17.8 Å². The van der Waals surface area contributed by atoms with Gasteiger partial charge in [0.2, 0.25) is 0 Å². The van der Waals surface area contributed by atoms with Crippen molar-refractivity contribution in [2.75, 3.05) is 0 Å². The highest BCUT2D eigenvalue weighted by Gasteiger charge is 2.31. The second kappa shape index (κ2) is 10.6. The van der Waals surface area contributed by atoms with Crippen LogP contribution in [-0.4, -0.2) is 36.8 Å². The molecule has 9 nitrogen and oxygen atoms in total. The zero-order valence-electron chi connectivity index (χ0n) is 21.4. The molecule has 0 aliphatic heterocycles. The lowest BCUT2D eigenvalue weighted by Gasteiger charge is -2.30. The fourth-order valence-corrected chi connectivity index (χ4v) is 5.31. The molecule has 2 atom stereocenters. The van der Waals surface area contributed by atoms with E-state index in [4.69, 9.17) is 4.74 Å². The van der Waals surface area contributed by atoms with Crippen molar-refractivity contribution in [1.29, 1.82) is 0 Å². The van der Waals surface area contributed by atoms with Crippen molar-refractivity contribution in [3.8, 4) is 17.0 Å². The van der Waals surface area contributed by atoms with Gasteiger partial charge in [-0.3, -0.25) is 9.59 Å². The van der Waals surface area contributed by atoms with Gasteiger partial charge in [-0.2, -0.15) is 0 Å². The number of imidazole rings is 1. The molecule has 1 saturated carbocycles. The van der Waals surface area contributed by atoms with Crippen LogP contribution in [0.3, 0.4) is 0 Å². The average Bonchev–Trinajstić information content (AvgIpc) is 3.35. The van der Waals surface area contributed by atoms with E-state index in [0.717, 1.165) is 36.8 Å². The SMILES string of the molecule is CC(C)C1CCCC(C(=O)Oc2n[nH]c(=O)c3c2ncn3Cc2ccc(-c3ccccc3C(=O)O)cc2)C1. The van der Waals surface area contributed by atoms with Crippen molar-refractivity contribution in [3.63, 3.8) is 0 Å². The summed E-state index contributed by atoms with van der Waals surface area (Å²) in [7, 11) is 0. The van der Waals surface area contributed by atoms with Crippen LogP contribution in [0.2, 0.25) is 0 Å². The van der Waals surface area contributed by atoms with Crippen LogP contribution >= 0.6 is 0 Å². The number of carboxylic acids is 1. The molecule has 0 radical (unpaired) electrons. The first kappa shape index (κ1) is 25.4. The molecule has 2 N–H and O–H groups in total. The molecule has 4 aromatic rings. The van der Waals surface area contributed by atoms with Gasteiger partial charge in [0.25, 0.3) is 11.4 Å². The van der Waals surface area contributed by atoms with Crippen molar-refractivity contribution in [2.45, 2.75) is 46.1 Å². The standard InChI is InChI=1S/C29H30N4O5/c1-17(2)20-6-5-7-21(14-20)29(37)38-27-24-25(26(34)31-32-27)33(16-30-24)15-18-10-12-19(13-11-18)22-8-3-4-9-23(22)28(35)36/h3-4,8-13,16-17,20-21H,5-7,14-15H2,1-2H3,(H,31,34)(H,35,36). The number of rotatable bonds is 7. The van der Waals surface area contributed by atoms with E-state index in [9.17, 15) is 19.5 Å². The Morgan fingerprint density at radius 1 is 1.13 bits per heavy atom. The number of aromatic nitrogens is 4. The van der Waals surface area contributed by atoms with Crippen LogP contribution in [0.15, 0.2) is 59.7 Å². The van der Waals surface area contributed by atoms with Gasteiger partial charge in [-0.05, 0) is 47.4 Å². The first-order chi connectivity index (χ1) is 18.3. The second-order valence-corrected chi connectivity index (χ2v) is 10.3. The van der Waals surface area contributed by atoms with E-state index in [1.807, 2.05) is 24.3 Å². The van der Waals surface area contributed by atoms with Crippen molar-refractivity contribution in [1.82, 2.24) is 19.7 Å². The molecule has 0 spiro atoms. The highest BCUT2D eigenvalue weighted by atomic mass is 16.5. The number of carboxylic acid groups (broad SMARTS) is 1. The summed E-state index contributed by atoms with van der Waals surface area (Å²) in [5.41, 5.74) is 2.61. The Kier molecular flexibility index (Phi) is 7.09. The van der Waals surface area contributed by atoms with E-state index >= 15 is 0 Å². The highest BCUT2D eigenvalue weighted by Crippen LogP contribution is 2.34. The van der Waals surface area contributed by atoms with Gasteiger partial charge < -0.3 is 14.4 Å². The number of benzene rings is 2. The average molecular weight is 515 g/mol. The summed E-state index contributed by atoms with van der Waals surface area (Å²) in [4.78, 5) is 41.6. The molecule has 1 aliphatic carbocycles. The van der Waals surface area contributed by atoms with Gasteiger partial charge in [-0.1, -0.05) is 69.2 Å². The van der Waals surface area contributed by atoms with E-state index < -0.39 is 11.5 Å². The predicted molar refractivity (Wildman–Crippen MR) is 142 cm³/mol. The van der Waals surface area contributed by atoms with Gasteiger partial charge in [0.05, 0.1) is 17.8 Å². The minimum atomic E-state index is -0.984. The topological polar surface area (TPSA) is 127 Å². The lowest BCUT2D eigenvalue weighted by atomic mass is 9.76. The van der Waals surface area contributed by atoms with Gasteiger partial charge in [0.1, 0.15) is 5.52 Å². The number of nitrogens with zero attached hydrogens (tertiary/aromatic N) is 3. The third-order valence-electron chi connectivity index (χ3n) is 7.48. The van der Waals surface area contributed by atoms with Crippen molar-refractivity contribution >= 4 is 23.0 Å². The third kappa shape index (κ3) is 5.09. The summed E-state index contributed by atoms with van der Waals surface area (Å²) < 4.78 is 7.35. The van der Waals surface area contributed by atoms with Gasteiger partial charge in [0, 0.05) is 6.54 Å². The molecular formula is C29H30N4O5. The zero-order chi connectivity index (χ0) is 26.8. The van der Waals surface area contributed by atoms with Crippen LogP contribution < -0.4 is 10.3 Å². The molecule has 0 amide bonds. The van der Waals surface area contributed by atoms with Crippen LogP contribution in [0.25, 0.3) is 22.2 Å². The third-order valence-corrected chi connectivity index (χ3v) is 7.48. The lowest BCUT2D eigenvalue weighted by molar-refractivity contribution is -0.141. The first-order valence-electron chi connectivity index (χ1n) is 12.9. The van der Waals surface area contributed by atoms with Gasteiger partial charge >= 0.3 is 11.9 Å². The van der Waals surface area contributed by atoms with Crippen molar-refractivity contribution in [3.05, 3.63) is 76.3 Å². The molecular weight excluding hydrogens is 484 g/mol. The second-order valence-electron chi connectivity index (χ2n) is 10.3. The molecule has 2 aromatic carbocycles. The monoisotopic (exact) mass is 514 g/mol. The quantitative estimate of drug-likeness (QED) is 0.336. The maximum absolute atomic E-state index is 13.0. The summed E-state index contributed by atoms with van der Waals surface area (Å²) in [6, 6.07) is 14.3. The largest absolute Gasteiger partial charge is 0.478 e. The molecule has 5 rings (SSSR count). The molecule has 1 aliphatic rings. The molecule has 2 unspecified atom stereocenters. The van der Waals surface area contributed by atoms with E-state index in [-0.39, 0.29) is 34.4 Å². The van der Waals surface area contributed by atoms with Crippen LogP contribution in [0, 0.1) is 17.8 Å². The Morgan fingerprint density at radius 3 is 2.63 bits per heavy atom. The number of aromatic carboxylic acids is 1. The predicted octanol–water partition coefficient (Wildman–Crippen LogP) is 4.90. The number of aromatic amines is 1. The van der Waals surface area contributed by atoms with Gasteiger partial charge in [-0.25, -0.2) is 14.9 Å². The normalized spacial score (nSPS) is 17.6. The summed E-state index contributed by atoms with van der Waals surface area (Å²) in [5.74, 6) is -0.485. The molecule has 9 heteroatoms. The van der Waals surface area contributed by atoms with E-state index in [1.165, 1.54) is 6.33 Å². The van der Waals surface area contributed by atoms with Crippen LogP contribution in [0.1, 0.15) is 55.5 Å². The Hall–Kier alpha value is -4.27. The number of hydrogen-bond donors (Lipinski definition) is 2. The van der Waals surface area contributed by atoms with Gasteiger partial charge in [0.15, 0.2) is 5.52 Å². The summed E-state index contributed by atoms with van der Waals surface area (Å²) in [5, 5.41) is 15.9. The van der Waals surface area contributed by atoms with E-state index in [0.29, 0.717) is 23.9 Å². The maximum atomic E-state index is 13.0. The summed E-state index contributed by atoms with van der Waals surface area (Å²) >= 11 is 0. The number of esters is 1. The summed E-state index contributed by atoms with van der Waals surface area (Å²) in [6.45, 7) is 4.71. The molecule has 0 saturated heterocycles. The number of ether oxygens (including phenoxy) is 1. The first-order valence-corrected chi connectivity index (χ1v) is 12.9. The molecule has 38 heavy (non-hydrogen) atoms. The number of hydrogen-bond acceptors (Lipinski definition) is 6. The number of fused-ring (bicyclic) bond motifs is 1. The Bertz CT molecular complexity index is 1540. The number of carbonyl (C=O) groups excluding carboxylic acids is 1. The Labute approximate surface area is 219 Å². The van der Waals surface area contributed by atoms with Crippen LogP contribution in [0.5, 0.6) is 5.88 Å². The maximum Gasteiger partial charge on any atom is 0.336 e. The van der Waals surface area contributed by atoms with Gasteiger partial charge in [-0.15, -0.1) is 5.10 Å². The highest BCUT2D eigenvalue weighted by molar-refractivity contribution is 5.96. The van der Waals surface area contributed by atoms with Crippen molar-refractivity contribution < 1.29 is 19.4 Å². The molecule has 196 valence electrons. The van der Waals surface area contributed by atoms with E-state index in [2.05, 4.69) is 29.0 Å². The smallest absolute Gasteiger partial charge is 0.336 e. The minimum absolute atomic E-state index is 0.00986. The Balaban J connectivity index is 1.36. The minimum Gasteiger partial charge on any atom is -0.478 e. The number of H-pyrrole nitrogens is 1. The molecule has 0 bridgehead atoms. The fraction of sp³-hybridized carbons (Fsp3) is 0.345. The Morgan fingerprint density at radius 2 is 1.89 bits per heavy atom. The fourth-order valence-electron chi connectivity index (χ4n) is 5.31. The number of carbonyl (C=O) groups is 2. The molecule has 1 fully saturated rings. The van der Waals surface area contributed by atoms with E-state index in [1.54, 1.807) is 28.8 Å². The zero-order valence-corrected chi connectivity index (χ0v) is 21.4. The number of nitrogens with one attached hydrogen (secondary N) is 1. The summed E-state index contributed by atoms with van der Waals surface area (Å²) in [6.07, 6.45) is 5.23. The lowest BCUT2D eigenvalue weighted by Crippen LogP contribution is -2.29. The van der Waals surface area contributed by atoms with Crippen LogP contribution in [0.4, 0.5) is 0 Å². The van der Waals surface area contributed by atoms with Crippen LogP contribution in [-0.2, 0) is 11.3 Å². The molecule has 2 heterocycles. The molecule has 2 aromatic heterocycles.